The quantitative estimate of drug-likeness (QED) is 0.827. The molecule has 0 radical (unpaired) electrons. The van der Waals surface area contributed by atoms with Crippen LogP contribution in [0.4, 0.5) is 8.78 Å². The molecular formula is C18H17F2NO3. The van der Waals surface area contributed by atoms with E-state index in [4.69, 9.17) is 0 Å². The van der Waals surface area contributed by atoms with Gasteiger partial charge in [-0.25, -0.2) is 8.78 Å². The minimum absolute atomic E-state index is 0.135. The number of hydrogen-bond acceptors (Lipinski definition) is 3. The molecule has 126 valence electrons. The number of amides is 1. The minimum atomic E-state index is -1.74. The Morgan fingerprint density at radius 2 is 1.75 bits per heavy atom. The Morgan fingerprint density at radius 3 is 2.33 bits per heavy atom. The Kier molecular flexibility index (Phi) is 5.09. The molecule has 6 heteroatoms. The van der Waals surface area contributed by atoms with Crippen LogP contribution in [0, 0.1) is 11.6 Å². The van der Waals surface area contributed by atoms with Crippen molar-refractivity contribution in [3.8, 4) is 0 Å². The molecule has 1 atom stereocenters. The van der Waals surface area contributed by atoms with Crippen molar-refractivity contribution in [2.45, 2.75) is 19.4 Å². The zero-order valence-corrected chi connectivity index (χ0v) is 13.3. The maximum absolute atomic E-state index is 13.8. The highest BCUT2D eigenvalue weighted by molar-refractivity contribution is 6.07. The summed E-state index contributed by atoms with van der Waals surface area (Å²) in [5.74, 6) is -2.49. The summed E-state index contributed by atoms with van der Waals surface area (Å²) < 4.78 is 26.8. The molecule has 1 amide bonds. The lowest BCUT2D eigenvalue weighted by Gasteiger charge is -2.25. The molecule has 0 aliphatic heterocycles. The standard InChI is InChI=1S/C18H17F2NO3/c1-11(22)13-5-3-4-6-14(13)17(23)21-10-18(2,24)15-8-7-12(19)9-16(15)20/h3-9,24H,10H2,1-2H3,(H,21,23). The highest BCUT2D eigenvalue weighted by atomic mass is 19.1. The first-order chi connectivity index (χ1) is 11.2. The van der Waals surface area contributed by atoms with Crippen LogP contribution >= 0.6 is 0 Å². The molecule has 4 nitrogen and oxygen atoms in total. The van der Waals surface area contributed by atoms with Gasteiger partial charge in [0.2, 0.25) is 0 Å². The zero-order valence-electron chi connectivity index (χ0n) is 13.3. The average Bonchev–Trinajstić information content (AvgIpc) is 2.52. The summed E-state index contributed by atoms with van der Waals surface area (Å²) in [6, 6.07) is 9.07. The average molecular weight is 333 g/mol. The molecule has 2 aromatic rings. The number of rotatable bonds is 5. The second kappa shape index (κ2) is 6.88. The van der Waals surface area contributed by atoms with Gasteiger partial charge < -0.3 is 10.4 Å². The van der Waals surface area contributed by atoms with E-state index in [0.717, 1.165) is 12.1 Å². The van der Waals surface area contributed by atoms with Gasteiger partial charge >= 0.3 is 0 Å². The highest BCUT2D eigenvalue weighted by Gasteiger charge is 2.28. The van der Waals surface area contributed by atoms with Crippen molar-refractivity contribution in [2.75, 3.05) is 6.54 Å². The third-order valence-electron chi connectivity index (χ3n) is 3.66. The molecule has 24 heavy (non-hydrogen) atoms. The van der Waals surface area contributed by atoms with Crippen molar-refractivity contribution in [2.24, 2.45) is 0 Å². The SMILES string of the molecule is CC(=O)c1ccccc1C(=O)NCC(C)(O)c1ccc(F)cc1F. The Hall–Kier alpha value is -2.60. The zero-order chi connectivity index (χ0) is 17.9. The third kappa shape index (κ3) is 3.83. The van der Waals surface area contributed by atoms with Gasteiger partial charge in [-0.1, -0.05) is 24.3 Å². The maximum atomic E-state index is 13.8. The van der Waals surface area contributed by atoms with Crippen LogP contribution in [-0.2, 0) is 5.60 Å². The Labute approximate surface area is 138 Å². The van der Waals surface area contributed by atoms with E-state index in [1.807, 2.05) is 0 Å². The van der Waals surface area contributed by atoms with Gasteiger partial charge in [-0.3, -0.25) is 9.59 Å². The summed E-state index contributed by atoms with van der Waals surface area (Å²) in [4.78, 5) is 23.8. The number of hydrogen-bond donors (Lipinski definition) is 2. The van der Waals surface area contributed by atoms with Crippen molar-refractivity contribution in [1.29, 1.82) is 0 Å². The van der Waals surface area contributed by atoms with Gasteiger partial charge in [-0.05, 0) is 26.0 Å². The number of nitrogens with one attached hydrogen (secondary N) is 1. The topological polar surface area (TPSA) is 66.4 Å². The molecule has 0 aliphatic rings. The summed E-state index contributed by atoms with van der Waals surface area (Å²) in [6.45, 7) is 2.34. The lowest BCUT2D eigenvalue weighted by molar-refractivity contribution is 0.0494. The first kappa shape index (κ1) is 17.7. The Bertz CT molecular complexity index is 788. The van der Waals surface area contributed by atoms with Crippen molar-refractivity contribution < 1.29 is 23.5 Å². The highest BCUT2D eigenvalue weighted by Crippen LogP contribution is 2.23. The van der Waals surface area contributed by atoms with Crippen molar-refractivity contribution >= 4 is 11.7 Å². The number of carbonyl (C=O) groups is 2. The van der Waals surface area contributed by atoms with Crippen LogP contribution in [0.25, 0.3) is 0 Å². The molecular weight excluding hydrogens is 316 g/mol. The second-order valence-corrected chi connectivity index (χ2v) is 5.68. The van der Waals surface area contributed by atoms with Gasteiger partial charge in [0.1, 0.15) is 17.2 Å². The van der Waals surface area contributed by atoms with Gasteiger partial charge in [-0.15, -0.1) is 0 Å². The van der Waals surface area contributed by atoms with Crippen LogP contribution in [0.1, 0.15) is 40.1 Å². The summed E-state index contributed by atoms with van der Waals surface area (Å²) in [5, 5.41) is 12.9. The van der Waals surface area contributed by atoms with E-state index < -0.39 is 23.1 Å². The number of carbonyl (C=O) groups excluding carboxylic acids is 2. The number of halogens is 2. The maximum Gasteiger partial charge on any atom is 0.252 e. The van der Waals surface area contributed by atoms with Gasteiger partial charge in [-0.2, -0.15) is 0 Å². The molecule has 0 saturated heterocycles. The predicted molar refractivity (Wildman–Crippen MR) is 84.7 cm³/mol. The van der Waals surface area contributed by atoms with Crippen LogP contribution in [0.2, 0.25) is 0 Å². The van der Waals surface area contributed by atoms with E-state index >= 15 is 0 Å². The number of ketones is 1. The molecule has 0 spiro atoms. The lowest BCUT2D eigenvalue weighted by atomic mass is 9.95. The van der Waals surface area contributed by atoms with Gasteiger partial charge in [0.25, 0.3) is 5.91 Å². The van der Waals surface area contributed by atoms with Crippen molar-refractivity contribution in [3.05, 3.63) is 70.8 Å². The summed E-state index contributed by atoms with van der Waals surface area (Å²) in [7, 11) is 0. The van der Waals surface area contributed by atoms with E-state index in [0.29, 0.717) is 6.07 Å². The van der Waals surface area contributed by atoms with E-state index in [-0.39, 0.29) is 29.0 Å². The molecule has 0 saturated carbocycles. The minimum Gasteiger partial charge on any atom is -0.383 e. The van der Waals surface area contributed by atoms with E-state index in [9.17, 15) is 23.5 Å². The predicted octanol–water partition coefficient (Wildman–Crippen LogP) is 2.80. The fourth-order valence-electron chi connectivity index (χ4n) is 2.36. The molecule has 0 bridgehead atoms. The first-order valence-electron chi connectivity index (χ1n) is 7.28. The number of Topliss-reactive ketones (excluding diaryl/α,β-unsaturated/α-hetero) is 1. The first-order valence-corrected chi connectivity index (χ1v) is 7.28. The van der Waals surface area contributed by atoms with Crippen molar-refractivity contribution in [1.82, 2.24) is 5.32 Å². The summed E-state index contributed by atoms with van der Waals surface area (Å²) in [6.07, 6.45) is 0. The largest absolute Gasteiger partial charge is 0.383 e. The molecule has 0 heterocycles. The van der Waals surface area contributed by atoms with E-state index in [2.05, 4.69) is 5.32 Å². The molecule has 1 unspecified atom stereocenters. The Balaban J connectivity index is 2.17. The van der Waals surface area contributed by atoms with E-state index in [1.54, 1.807) is 12.1 Å². The van der Waals surface area contributed by atoms with Crippen molar-refractivity contribution in [3.63, 3.8) is 0 Å². The molecule has 2 aromatic carbocycles. The van der Waals surface area contributed by atoms with Crippen LogP contribution in [-0.4, -0.2) is 23.3 Å². The van der Waals surface area contributed by atoms with Crippen LogP contribution in [0.5, 0.6) is 0 Å². The summed E-state index contributed by atoms with van der Waals surface area (Å²) in [5.41, 5.74) is -1.45. The fraction of sp³-hybridized carbons (Fsp3) is 0.222. The van der Waals surface area contributed by atoms with Gasteiger partial charge in [0.05, 0.1) is 12.1 Å². The lowest BCUT2D eigenvalue weighted by Crippen LogP contribution is -2.39. The van der Waals surface area contributed by atoms with Gasteiger partial charge in [0, 0.05) is 17.2 Å². The second-order valence-electron chi connectivity index (χ2n) is 5.68. The third-order valence-corrected chi connectivity index (χ3v) is 3.66. The molecule has 0 fully saturated rings. The molecule has 0 aliphatic carbocycles. The number of benzene rings is 2. The smallest absolute Gasteiger partial charge is 0.252 e. The fourth-order valence-corrected chi connectivity index (χ4v) is 2.36. The summed E-state index contributed by atoms with van der Waals surface area (Å²) >= 11 is 0. The van der Waals surface area contributed by atoms with Gasteiger partial charge in [0.15, 0.2) is 5.78 Å². The number of aliphatic hydroxyl groups is 1. The normalized spacial score (nSPS) is 13.2. The molecule has 0 aromatic heterocycles. The molecule has 2 N–H and O–H groups in total. The van der Waals surface area contributed by atoms with Crippen LogP contribution in [0.3, 0.4) is 0 Å². The van der Waals surface area contributed by atoms with Crippen LogP contribution < -0.4 is 5.32 Å². The van der Waals surface area contributed by atoms with Crippen LogP contribution in [0.15, 0.2) is 42.5 Å². The van der Waals surface area contributed by atoms with E-state index in [1.165, 1.54) is 26.0 Å². The molecule has 2 rings (SSSR count). The Morgan fingerprint density at radius 1 is 1.12 bits per heavy atom. The monoisotopic (exact) mass is 333 g/mol.